The van der Waals surface area contributed by atoms with Crippen molar-refractivity contribution in [3.05, 3.63) is 23.8 Å². The molecule has 0 radical (unpaired) electrons. The quantitative estimate of drug-likeness (QED) is 0.826. The largest absolute Gasteiger partial charge is 0.480 e. The lowest BCUT2D eigenvalue weighted by molar-refractivity contribution is -0.136. The van der Waals surface area contributed by atoms with Crippen molar-refractivity contribution < 1.29 is 19.3 Å². The first kappa shape index (κ1) is 19.1. The maximum Gasteiger partial charge on any atom is 0.317 e. The molecule has 0 unspecified atom stereocenters. The van der Waals surface area contributed by atoms with Gasteiger partial charge in [0.1, 0.15) is 11.0 Å². The van der Waals surface area contributed by atoms with Crippen molar-refractivity contribution in [3.8, 4) is 0 Å². The Labute approximate surface area is 150 Å². The van der Waals surface area contributed by atoms with Gasteiger partial charge in [-0.25, -0.2) is 4.63 Å². The number of nitrogens with zero attached hydrogens (tertiary/aromatic N) is 3. The first-order valence-corrected chi connectivity index (χ1v) is 7.99. The van der Waals surface area contributed by atoms with E-state index in [-0.39, 0.29) is 36.9 Å². The minimum absolute atomic E-state index is 0. The summed E-state index contributed by atoms with van der Waals surface area (Å²) in [5, 5.41) is 19.2. The minimum Gasteiger partial charge on any atom is -0.480 e. The van der Waals surface area contributed by atoms with E-state index in [9.17, 15) is 9.59 Å². The van der Waals surface area contributed by atoms with Crippen molar-refractivity contribution in [2.45, 2.75) is 37.8 Å². The summed E-state index contributed by atoms with van der Waals surface area (Å²) in [4.78, 5) is 25.0. The molecule has 1 aliphatic rings. The van der Waals surface area contributed by atoms with Crippen LogP contribution < -0.4 is 5.32 Å². The molecule has 0 spiro atoms. The number of hydrogen-bond donors (Lipinski definition) is 2. The van der Waals surface area contributed by atoms with Gasteiger partial charge in [0.2, 0.25) is 0 Å². The van der Waals surface area contributed by atoms with Gasteiger partial charge in [-0.2, -0.15) is 0 Å². The van der Waals surface area contributed by atoms with E-state index in [4.69, 9.17) is 5.11 Å². The summed E-state index contributed by atoms with van der Waals surface area (Å²) in [7, 11) is 1.81. The molecule has 1 saturated carbocycles. The standard InChI is InChI=1S/C16H20N4O4.ClH/c1-20(12-5-3-11(4-6-12)17-9-15(21)22)16(23)10-2-7-13-14(8-10)19-24-18-13;/h2,7-8,11-12,17H,3-6,9H2,1H3,(H,21,22);1H/t11-,12-;. The number of amides is 1. The van der Waals surface area contributed by atoms with Crippen LogP contribution in [0.25, 0.3) is 11.0 Å². The monoisotopic (exact) mass is 368 g/mol. The minimum atomic E-state index is -0.845. The van der Waals surface area contributed by atoms with Crippen LogP contribution in [0.5, 0.6) is 0 Å². The van der Waals surface area contributed by atoms with Gasteiger partial charge < -0.3 is 15.3 Å². The highest BCUT2D eigenvalue weighted by Gasteiger charge is 2.27. The van der Waals surface area contributed by atoms with E-state index in [0.29, 0.717) is 16.6 Å². The fourth-order valence-electron chi connectivity index (χ4n) is 3.18. The van der Waals surface area contributed by atoms with E-state index in [1.54, 1.807) is 23.1 Å². The Kier molecular flexibility index (Phi) is 6.33. The number of carboxylic acid groups (broad SMARTS) is 1. The highest BCUT2D eigenvalue weighted by Crippen LogP contribution is 2.24. The van der Waals surface area contributed by atoms with Crippen molar-refractivity contribution in [1.29, 1.82) is 0 Å². The molecule has 1 aliphatic carbocycles. The first-order chi connectivity index (χ1) is 11.5. The Hall–Kier alpha value is -2.19. The maximum atomic E-state index is 12.7. The lowest BCUT2D eigenvalue weighted by atomic mass is 9.90. The molecule has 3 rings (SSSR count). The molecule has 1 amide bonds. The van der Waals surface area contributed by atoms with Gasteiger partial charge in [0, 0.05) is 24.7 Å². The molecule has 1 aromatic carbocycles. The molecule has 0 saturated heterocycles. The van der Waals surface area contributed by atoms with Gasteiger partial charge >= 0.3 is 5.97 Å². The third-order valence-electron chi connectivity index (χ3n) is 4.61. The van der Waals surface area contributed by atoms with Crippen LogP contribution >= 0.6 is 12.4 Å². The number of rotatable bonds is 5. The Balaban J connectivity index is 0.00000225. The van der Waals surface area contributed by atoms with E-state index in [0.717, 1.165) is 25.7 Å². The molecule has 0 atom stereocenters. The zero-order valence-electron chi connectivity index (χ0n) is 13.8. The second-order valence-corrected chi connectivity index (χ2v) is 6.16. The van der Waals surface area contributed by atoms with Crippen LogP contribution in [0.15, 0.2) is 22.8 Å². The number of hydrogen-bond acceptors (Lipinski definition) is 6. The van der Waals surface area contributed by atoms with E-state index >= 15 is 0 Å². The Bertz CT molecular complexity index is 743. The third-order valence-corrected chi connectivity index (χ3v) is 4.61. The number of aromatic nitrogens is 2. The van der Waals surface area contributed by atoms with Gasteiger partial charge in [0.05, 0.1) is 6.54 Å². The molecule has 1 fully saturated rings. The lowest BCUT2D eigenvalue weighted by Crippen LogP contribution is -2.44. The number of halogens is 1. The summed E-state index contributed by atoms with van der Waals surface area (Å²) in [6, 6.07) is 5.50. The zero-order valence-corrected chi connectivity index (χ0v) is 14.7. The fraction of sp³-hybridized carbons (Fsp3) is 0.500. The molecule has 1 aromatic heterocycles. The smallest absolute Gasteiger partial charge is 0.317 e. The Morgan fingerprint density at radius 2 is 1.92 bits per heavy atom. The van der Waals surface area contributed by atoms with Crippen LogP contribution in [0.1, 0.15) is 36.0 Å². The summed E-state index contributed by atoms with van der Waals surface area (Å²) in [5.41, 5.74) is 1.75. The maximum absolute atomic E-state index is 12.7. The lowest BCUT2D eigenvalue weighted by Gasteiger charge is -2.35. The molecule has 0 aliphatic heterocycles. The molecular formula is C16H21ClN4O4. The Morgan fingerprint density at radius 3 is 2.60 bits per heavy atom. The summed E-state index contributed by atoms with van der Waals surface area (Å²) in [6.07, 6.45) is 3.43. The van der Waals surface area contributed by atoms with E-state index in [1.807, 2.05) is 7.05 Å². The number of carboxylic acids is 1. The molecule has 0 bridgehead atoms. The third kappa shape index (κ3) is 4.46. The van der Waals surface area contributed by atoms with Gasteiger partial charge in [-0.15, -0.1) is 12.4 Å². The summed E-state index contributed by atoms with van der Waals surface area (Å²) in [5.74, 6) is -0.899. The molecule has 2 aromatic rings. The van der Waals surface area contributed by atoms with Crippen LogP contribution in [0.3, 0.4) is 0 Å². The fourth-order valence-corrected chi connectivity index (χ4v) is 3.18. The number of carbonyl (C=O) groups is 2. The summed E-state index contributed by atoms with van der Waals surface area (Å²) < 4.78 is 4.65. The molecule has 1 heterocycles. The number of nitrogens with one attached hydrogen (secondary N) is 1. The van der Waals surface area contributed by atoms with Crippen LogP contribution in [0.2, 0.25) is 0 Å². The van der Waals surface area contributed by atoms with Crippen molar-refractivity contribution in [2.24, 2.45) is 0 Å². The SMILES string of the molecule is CN(C(=O)c1ccc2nonc2c1)[C@H]1CC[C@H](NCC(=O)O)CC1.Cl. The van der Waals surface area contributed by atoms with Crippen LogP contribution in [0.4, 0.5) is 0 Å². The topological polar surface area (TPSA) is 109 Å². The molecule has 2 N–H and O–H groups in total. The number of benzene rings is 1. The van der Waals surface area contributed by atoms with Crippen molar-refractivity contribution in [2.75, 3.05) is 13.6 Å². The van der Waals surface area contributed by atoms with E-state index in [1.165, 1.54) is 0 Å². The van der Waals surface area contributed by atoms with Gasteiger partial charge in [-0.1, -0.05) is 0 Å². The average molecular weight is 369 g/mol. The second kappa shape index (κ2) is 8.26. The predicted octanol–water partition coefficient (Wildman–Crippen LogP) is 1.70. The van der Waals surface area contributed by atoms with Gasteiger partial charge in [0.15, 0.2) is 0 Å². The van der Waals surface area contributed by atoms with Crippen LogP contribution in [-0.2, 0) is 4.79 Å². The number of fused-ring (bicyclic) bond motifs is 1. The first-order valence-electron chi connectivity index (χ1n) is 7.99. The highest BCUT2D eigenvalue weighted by atomic mass is 35.5. The van der Waals surface area contributed by atoms with Crippen molar-refractivity contribution in [3.63, 3.8) is 0 Å². The van der Waals surface area contributed by atoms with Gasteiger partial charge in [-0.05, 0) is 54.2 Å². The second-order valence-electron chi connectivity index (χ2n) is 6.16. The van der Waals surface area contributed by atoms with Crippen molar-refractivity contribution in [1.82, 2.24) is 20.5 Å². The Morgan fingerprint density at radius 1 is 1.24 bits per heavy atom. The number of carbonyl (C=O) groups excluding carboxylic acids is 1. The molecular weight excluding hydrogens is 348 g/mol. The zero-order chi connectivity index (χ0) is 17.1. The van der Waals surface area contributed by atoms with Crippen molar-refractivity contribution >= 4 is 35.3 Å². The molecule has 136 valence electrons. The summed E-state index contributed by atoms with van der Waals surface area (Å²) in [6.45, 7) is -0.0180. The molecule has 8 nitrogen and oxygen atoms in total. The molecule has 9 heteroatoms. The van der Waals surface area contributed by atoms with Gasteiger partial charge in [-0.3, -0.25) is 9.59 Å². The van der Waals surface area contributed by atoms with Crippen LogP contribution in [0, 0.1) is 0 Å². The average Bonchev–Trinajstić information content (AvgIpc) is 3.06. The van der Waals surface area contributed by atoms with E-state index < -0.39 is 5.97 Å². The van der Waals surface area contributed by atoms with Gasteiger partial charge in [0.25, 0.3) is 5.91 Å². The summed E-state index contributed by atoms with van der Waals surface area (Å²) >= 11 is 0. The normalized spacial score (nSPS) is 20.0. The predicted molar refractivity (Wildman–Crippen MR) is 92.8 cm³/mol. The molecule has 25 heavy (non-hydrogen) atoms. The van der Waals surface area contributed by atoms with E-state index in [2.05, 4.69) is 20.3 Å². The van der Waals surface area contributed by atoms with Crippen LogP contribution in [-0.4, -0.2) is 57.9 Å². The number of aliphatic carboxylic acids is 1. The highest BCUT2D eigenvalue weighted by molar-refractivity contribution is 5.97.